The van der Waals surface area contributed by atoms with Gasteiger partial charge < -0.3 is 15.7 Å². The Bertz CT molecular complexity index is 590. The van der Waals surface area contributed by atoms with E-state index in [0.29, 0.717) is 22.7 Å². The molecule has 1 aromatic carbocycles. The monoisotopic (exact) mass is 294 g/mol. The third-order valence-electron chi connectivity index (χ3n) is 4.36. The van der Waals surface area contributed by atoms with E-state index in [0.717, 1.165) is 12.8 Å². The molecular formula is C14H15ClN2O3. The number of carboxylic acids is 1. The number of hydrogen-bond donors (Lipinski definition) is 2. The number of amides is 1. The van der Waals surface area contributed by atoms with Crippen molar-refractivity contribution in [2.24, 2.45) is 11.7 Å². The van der Waals surface area contributed by atoms with Gasteiger partial charge in [-0.15, -0.1) is 0 Å². The van der Waals surface area contributed by atoms with Crippen molar-refractivity contribution in [1.29, 1.82) is 0 Å². The minimum atomic E-state index is -0.773. The van der Waals surface area contributed by atoms with Crippen LogP contribution in [0.15, 0.2) is 18.2 Å². The maximum atomic E-state index is 11.6. The van der Waals surface area contributed by atoms with Crippen molar-refractivity contribution < 1.29 is 14.7 Å². The van der Waals surface area contributed by atoms with Gasteiger partial charge in [-0.25, -0.2) is 0 Å². The number of fused-ring (bicyclic) bond motifs is 2. The first-order valence-electron chi connectivity index (χ1n) is 6.59. The topological polar surface area (TPSA) is 83.6 Å². The van der Waals surface area contributed by atoms with Gasteiger partial charge in [-0.3, -0.25) is 9.59 Å². The first-order valence-corrected chi connectivity index (χ1v) is 6.97. The largest absolute Gasteiger partial charge is 0.481 e. The molecule has 3 rings (SSSR count). The van der Waals surface area contributed by atoms with Crippen LogP contribution in [0, 0.1) is 5.92 Å². The maximum Gasteiger partial charge on any atom is 0.308 e. The summed E-state index contributed by atoms with van der Waals surface area (Å²) in [6, 6.07) is 5.01. The zero-order valence-electron chi connectivity index (χ0n) is 10.8. The summed E-state index contributed by atoms with van der Waals surface area (Å²) in [4.78, 5) is 24.9. The number of halogens is 1. The maximum absolute atomic E-state index is 11.6. The van der Waals surface area contributed by atoms with Gasteiger partial charge in [-0.1, -0.05) is 11.6 Å². The second-order valence-electron chi connectivity index (χ2n) is 5.41. The van der Waals surface area contributed by atoms with E-state index in [2.05, 4.69) is 0 Å². The molecule has 2 fully saturated rings. The number of nitrogens with zero attached hydrogens (tertiary/aromatic N) is 1. The molecule has 2 bridgehead atoms. The minimum absolute atomic E-state index is 0.0749. The van der Waals surface area contributed by atoms with Crippen molar-refractivity contribution in [2.75, 3.05) is 4.90 Å². The number of primary amides is 1. The molecule has 6 heteroatoms. The van der Waals surface area contributed by atoms with Gasteiger partial charge in [0.2, 0.25) is 0 Å². The number of benzene rings is 1. The number of anilines is 1. The number of carbonyl (C=O) groups excluding carboxylic acids is 1. The lowest BCUT2D eigenvalue weighted by molar-refractivity contribution is -0.142. The fourth-order valence-corrected chi connectivity index (χ4v) is 3.72. The summed E-state index contributed by atoms with van der Waals surface area (Å²) in [5, 5.41) is 9.81. The van der Waals surface area contributed by atoms with Crippen molar-refractivity contribution in [3.05, 3.63) is 28.8 Å². The van der Waals surface area contributed by atoms with Gasteiger partial charge in [-0.05, 0) is 37.5 Å². The SMILES string of the molecule is NC(=O)c1ccc(Cl)cc1N1C2CCC1C(C(=O)O)C2. The molecule has 1 aromatic rings. The standard InChI is InChI=1S/C14H15ClN2O3/c15-7-1-3-9(13(16)18)12(5-7)17-8-2-4-11(17)10(6-8)14(19)20/h1,3,5,8,10-11H,2,4,6H2,(H2,16,18)(H,19,20). The van der Waals surface area contributed by atoms with Crippen LogP contribution in [0.25, 0.3) is 0 Å². The molecule has 2 aliphatic heterocycles. The van der Waals surface area contributed by atoms with E-state index < -0.39 is 11.9 Å². The van der Waals surface area contributed by atoms with Gasteiger partial charge in [0.25, 0.3) is 5.91 Å². The highest BCUT2D eigenvalue weighted by atomic mass is 35.5. The van der Waals surface area contributed by atoms with E-state index >= 15 is 0 Å². The van der Waals surface area contributed by atoms with Gasteiger partial charge in [0.1, 0.15) is 0 Å². The van der Waals surface area contributed by atoms with Gasteiger partial charge in [-0.2, -0.15) is 0 Å². The zero-order valence-corrected chi connectivity index (χ0v) is 11.5. The molecule has 3 atom stereocenters. The summed E-state index contributed by atoms with van der Waals surface area (Å²) < 4.78 is 0. The second kappa shape index (κ2) is 4.66. The average molecular weight is 295 g/mol. The van der Waals surface area contributed by atoms with E-state index in [9.17, 15) is 14.7 Å². The fraction of sp³-hybridized carbons (Fsp3) is 0.429. The minimum Gasteiger partial charge on any atom is -0.481 e. The summed E-state index contributed by atoms with van der Waals surface area (Å²) in [5.41, 5.74) is 6.48. The number of aliphatic carboxylic acids is 1. The van der Waals surface area contributed by atoms with E-state index in [4.69, 9.17) is 17.3 Å². The van der Waals surface area contributed by atoms with E-state index in [1.807, 2.05) is 4.90 Å². The molecule has 0 saturated carbocycles. The first kappa shape index (κ1) is 13.2. The fourth-order valence-electron chi connectivity index (χ4n) is 3.56. The zero-order chi connectivity index (χ0) is 14.4. The average Bonchev–Trinajstić information content (AvgIpc) is 2.95. The predicted molar refractivity (Wildman–Crippen MR) is 75.0 cm³/mol. The quantitative estimate of drug-likeness (QED) is 0.891. The van der Waals surface area contributed by atoms with Crippen molar-refractivity contribution in [1.82, 2.24) is 0 Å². The number of rotatable bonds is 3. The Morgan fingerprint density at radius 1 is 1.35 bits per heavy atom. The summed E-state index contributed by atoms with van der Waals surface area (Å²) in [6.07, 6.45) is 2.39. The smallest absolute Gasteiger partial charge is 0.308 e. The Balaban J connectivity index is 2.04. The molecule has 0 spiro atoms. The molecule has 1 amide bonds. The Hall–Kier alpha value is -1.75. The molecule has 3 N–H and O–H groups in total. The molecule has 0 aliphatic carbocycles. The lowest BCUT2D eigenvalue weighted by atomic mass is 9.89. The highest BCUT2D eigenvalue weighted by Gasteiger charge is 2.50. The lowest BCUT2D eigenvalue weighted by Crippen LogP contribution is -2.34. The highest BCUT2D eigenvalue weighted by Crippen LogP contribution is 2.46. The second-order valence-corrected chi connectivity index (χ2v) is 5.85. The number of hydrogen-bond acceptors (Lipinski definition) is 3. The van der Waals surface area contributed by atoms with E-state index in [1.54, 1.807) is 18.2 Å². The Kier molecular flexibility index (Phi) is 3.09. The third kappa shape index (κ3) is 1.93. The predicted octanol–water partition coefficient (Wildman–Crippen LogP) is 1.88. The van der Waals surface area contributed by atoms with Gasteiger partial charge >= 0.3 is 5.97 Å². The first-order chi connectivity index (χ1) is 9.49. The molecule has 2 heterocycles. The van der Waals surface area contributed by atoms with Crippen molar-refractivity contribution in [3.63, 3.8) is 0 Å². The molecular weight excluding hydrogens is 280 g/mol. The van der Waals surface area contributed by atoms with Crippen LogP contribution in [-0.4, -0.2) is 29.1 Å². The summed E-state index contributed by atoms with van der Waals surface area (Å²) in [6.45, 7) is 0. The van der Waals surface area contributed by atoms with Crippen molar-refractivity contribution >= 4 is 29.2 Å². The molecule has 0 aromatic heterocycles. The van der Waals surface area contributed by atoms with E-state index in [1.165, 1.54) is 0 Å². The summed E-state index contributed by atoms with van der Waals surface area (Å²) in [5.74, 6) is -1.67. The molecule has 3 unspecified atom stereocenters. The summed E-state index contributed by atoms with van der Waals surface area (Å²) in [7, 11) is 0. The van der Waals surface area contributed by atoms with Crippen LogP contribution in [0.1, 0.15) is 29.6 Å². The highest BCUT2D eigenvalue weighted by molar-refractivity contribution is 6.31. The number of carboxylic acid groups (broad SMARTS) is 1. The van der Waals surface area contributed by atoms with Crippen LogP contribution in [-0.2, 0) is 4.79 Å². The molecule has 20 heavy (non-hydrogen) atoms. The van der Waals surface area contributed by atoms with Crippen LogP contribution in [0.5, 0.6) is 0 Å². The Morgan fingerprint density at radius 3 is 2.70 bits per heavy atom. The Labute approximate surface area is 121 Å². The van der Waals surface area contributed by atoms with Gasteiger partial charge in [0.05, 0.1) is 17.2 Å². The van der Waals surface area contributed by atoms with E-state index in [-0.39, 0.29) is 18.0 Å². The van der Waals surface area contributed by atoms with Crippen molar-refractivity contribution in [3.8, 4) is 0 Å². The van der Waals surface area contributed by atoms with Crippen LogP contribution in [0.3, 0.4) is 0 Å². The normalized spacial score (nSPS) is 27.9. The molecule has 0 radical (unpaired) electrons. The van der Waals surface area contributed by atoms with Gasteiger partial charge in [0.15, 0.2) is 0 Å². The van der Waals surface area contributed by atoms with Gasteiger partial charge in [0, 0.05) is 17.1 Å². The number of carbonyl (C=O) groups is 2. The van der Waals surface area contributed by atoms with Crippen LogP contribution in [0.4, 0.5) is 5.69 Å². The Morgan fingerprint density at radius 2 is 2.10 bits per heavy atom. The molecule has 2 saturated heterocycles. The molecule has 2 aliphatic rings. The molecule has 106 valence electrons. The molecule has 5 nitrogen and oxygen atoms in total. The third-order valence-corrected chi connectivity index (χ3v) is 4.59. The van der Waals surface area contributed by atoms with Crippen LogP contribution in [0.2, 0.25) is 5.02 Å². The van der Waals surface area contributed by atoms with Crippen LogP contribution < -0.4 is 10.6 Å². The van der Waals surface area contributed by atoms with Crippen molar-refractivity contribution in [2.45, 2.75) is 31.3 Å². The summed E-state index contributed by atoms with van der Waals surface area (Å²) >= 11 is 6.02. The lowest BCUT2D eigenvalue weighted by Gasteiger charge is -2.27. The van der Waals surface area contributed by atoms with Crippen LogP contribution >= 0.6 is 11.6 Å². The number of nitrogens with two attached hydrogens (primary N) is 1.